The van der Waals surface area contributed by atoms with Crippen molar-refractivity contribution in [3.05, 3.63) is 29.6 Å². The highest BCUT2D eigenvalue weighted by molar-refractivity contribution is 5.94. The maximum absolute atomic E-state index is 13.6. The van der Waals surface area contributed by atoms with Gasteiger partial charge in [0.15, 0.2) is 23.4 Å². The predicted molar refractivity (Wildman–Crippen MR) is 90.4 cm³/mol. The molecular weight excluding hydrogens is 349 g/mol. The number of nitrogens with zero attached hydrogens (tertiary/aromatic N) is 1. The van der Waals surface area contributed by atoms with Gasteiger partial charge in [0.2, 0.25) is 5.91 Å². The molecule has 2 bridgehead atoms. The molecule has 3 N–H and O–H groups in total. The van der Waals surface area contributed by atoms with E-state index in [9.17, 15) is 18.0 Å². The number of aliphatic imine (C=N–C) groups is 1. The van der Waals surface area contributed by atoms with E-state index in [1.807, 2.05) is 6.92 Å². The number of halogens is 3. The fraction of sp³-hybridized carbons (Fsp3) is 0.529. The molecule has 9 heteroatoms. The first-order chi connectivity index (χ1) is 12.5. The maximum atomic E-state index is 13.6. The molecule has 2 aliphatic heterocycles. The van der Waals surface area contributed by atoms with E-state index in [2.05, 4.69) is 20.9 Å². The normalized spacial score (nSPS) is 24.6. The van der Waals surface area contributed by atoms with Gasteiger partial charge in [-0.25, -0.2) is 18.2 Å². The van der Waals surface area contributed by atoms with E-state index in [1.165, 1.54) is 0 Å². The molecule has 6 nitrogen and oxygen atoms in total. The average molecular weight is 370 g/mol. The summed E-state index contributed by atoms with van der Waals surface area (Å²) in [7, 11) is 0. The highest BCUT2D eigenvalue weighted by Crippen LogP contribution is 2.34. The van der Waals surface area contributed by atoms with Gasteiger partial charge in [-0.2, -0.15) is 0 Å². The molecule has 0 saturated carbocycles. The maximum Gasteiger partial charge on any atom is 0.246 e. The monoisotopic (exact) mass is 370 g/mol. The lowest BCUT2D eigenvalue weighted by molar-refractivity contribution is -0.114. The van der Waals surface area contributed by atoms with Crippen molar-refractivity contribution in [3.63, 3.8) is 0 Å². The molecule has 1 aromatic rings. The SMILES string of the molecule is CCNC(=NCC(=O)Nc1ccc(F)c(F)c1F)NC1CC2CCC1O2. The topological polar surface area (TPSA) is 74.8 Å². The van der Waals surface area contributed by atoms with Crippen LogP contribution in [-0.4, -0.2) is 43.2 Å². The van der Waals surface area contributed by atoms with Gasteiger partial charge in [0.25, 0.3) is 0 Å². The van der Waals surface area contributed by atoms with Crippen molar-refractivity contribution in [2.24, 2.45) is 4.99 Å². The molecule has 3 atom stereocenters. The van der Waals surface area contributed by atoms with Crippen LogP contribution in [0.1, 0.15) is 26.2 Å². The van der Waals surface area contributed by atoms with Crippen molar-refractivity contribution in [1.29, 1.82) is 0 Å². The zero-order valence-electron chi connectivity index (χ0n) is 14.3. The molecule has 1 aromatic carbocycles. The summed E-state index contributed by atoms with van der Waals surface area (Å²) in [6.07, 6.45) is 3.38. The minimum Gasteiger partial charge on any atom is -0.373 e. The van der Waals surface area contributed by atoms with Gasteiger partial charge >= 0.3 is 0 Å². The smallest absolute Gasteiger partial charge is 0.246 e. The Hall–Kier alpha value is -2.29. The van der Waals surface area contributed by atoms with E-state index in [4.69, 9.17) is 4.74 Å². The number of carbonyl (C=O) groups is 1. The average Bonchev–Trinajstić information content (AvgIpc) is 3.23. The van der Waals surface area contributed by atoms with Crippen LogP contribution in [0.3, 0.4) is 0 Å². The summed E-state index contributed by atoms with van der Waals surface area (Å²) >= 11 is 0. The summed E-state index contributed by atoms with van der Waals surface area (Å²) in [6, 6.07) is 1.85. The highest BCUT2D eigenvalue weighted by Gasteiger charge is 2.41. The molecule has 142 valence electrons. The third kappa shape index (κ3) is 4.09. The van der Waals surface area contributed by atoms with Crippen LogP contribution in [0.2, 0.25) is 0 Å². The van der Waals surface area contributed by atoms with Crippen molar-refractivity contribution in [3.8, 4) is 0 Å². The molecule has 2 aliphatic rings. The number of benzene rings is 1. The number of rotatable bonds is 5. The van der Waals surface area contributed by atoms with E-state index >= 15 is 0 Å². The van der Waals surface area contributed by atoms with Gasteiger partial charge < -0.3 is 20.7 Å². The standard InChI is InChI=1S/C17H21F3N4O2/c1-2-21-17(24-12-7-9-3-6-13(12)26-9)22-8-14(25)23-11-5-4-10(18)15(19)16(11)20/h4-5,9,12-13H,2-3,6-8H2,1H3,(H,23,25)(H2,21,22,24). The third-order valence-electron chi connectivity index (χ3n) is 4.46. The summed E-state index contributed by atoms with van der Waals surface area (Å²) in [5.74, 6) is -4.57. The quantitative estimate of drug-likeness (QED) is 0.421. The van der Waals surface area contributed by atoms with Crippen molar-refractivity contribution >= 4 is 17.6 Å². The van der Waals surface area contributed by atoms with Crippen molar-refractivity contribution in [2.75, 3.05) is 18.4 Å². The van der Waals surface area contributed by atoms with E-state index in [0.29, 0.717) is 12.5 Å². The first kappa shape index (κ1) is 18.5. The first-order valence-corrected chi connectivity index (χ1v) is 8.61. The fourth-order valence-corrected chi connectivity index (χ4v) is 3.25. The van der Waals surface area contributed by atoms with E-state index in [1.54, 1.807) is 0 Å². The lowest BCUT2D eigenvalue weighted by atomic mass is 9.96. The second-order valence-electron chi connectivity index (χ2n) is 6.33. The number of ether oxygens (including phenoxy) is 1. The number of hydrogen-bond donors (Lipinski definition) is 3. The van der Waals surface area contributed by atoms with Gasteiger partial charge in [-0.1, -0.05) is 0 Å². The Kier molecular flexibility index (Phi) is 5.65. The predicted octanol–water partition coefficient (Wildman–Crippen LogP) is 1.92. The zero-order chi connectivity index (χ0) is 18.7. The number of carbonyl (C=O) groups excluding carboxylic acids is 1. The Morgan fingerprint density at radius 3 is 2.73 bits per heavy atom. The summed E-state index contributed by atoms with van der Waals surface area (Å²) < 4.78 is 45.5. The molecule has 0 aliphatic carbocycles. The molecule has 26 heavy (non-hydrogen) atoms. The number of guanidine groups is 1. The van der Waals surface area contributed by atoms with Gasteiger partial charge in [-0.15, -0.1) is 0 Å². The Balaban J connectivity index is 1.58. The van der Waals surface area contributed by atoms with Crippen LogP contribution in [-0.2, 0) is 9.53 Å². The Bertz CT molecular complexity index is 713. The number of amides is 1. The van der Waals surface area contributed by atoms with Crippen molar-refractivity contribution in [2.45, 2.75) is 44.4 Å². The van der Waals surface area contributed by atoms with Gasteiger partial charge in [0, 0.05) is 6.54 Å². The number of anilines is 1. The van der Waals surface area contributed by atoms with E-state index in [-0.39, 0.29) is 24.8 Å². The van der Waals surface area contributed by atoms with Crippen molar-refractivity contribution < 1.29 is 22.7 Å². The number of hydrogen-bond acceptors (Lipinski definition) is 3. The molecule has 2 fully saturated rings. The van der Waals surface area contributed by atoms with Crippen LogP contribution >= 0.6 is 0 Å². The Morgan fingerprint density at radius 1 is 1.27 bits per heavy atom. The number of fused-ring (bicyclic) bond motifs is 2. The first-order valence-electron chi connectivity index (χ1n) is 8.61. The largest absolute Gasteiger partial charge is 0.373 e. The molecule has 3 rings (SSSR count). The van der Waals surface area contributed by atoms with Gasteiger partial charge in [-0.3, -0.25) is 4.79 Å². The number of nitrogens with one attached hydrogen (secondary N) is 3. The van der Waals surface area contributed by atoms with E-state index < -0.39 is 29.0 Å². The summed E-state index contributed by atoms with van der Waals surface area (Å²) in [6.45, 7) is 2.20. The fourth-order valence-electron chi connectivity index (χ4n) is 3.25. The third-order valence-corrected chi connectivity index (χ3v) is 4.46. The Morgan fingerprint density at radius 2 is 2.08 bits per heavy atom. The van der Waals surface area contributed by atoms with Crippen LogP contribution in [0.15, 0.2) is 17.1 Å². The van der Waals surface area contributed by atoms with Crippen LogP contribution in [0.25, 0.3) is 0 Å². The zero-order valence-corrected chi connectivity index (χ0v) is 14.3. The second-order valence-corrected chi connectivity index (χ2v) is 6.33. The van der Waals surface area contributed by atoms with Crippen LogP contribution in [0.5, 0.6) is 0 Å². The molecular formula is C17H21F3N4O2. The van der Waals surface area contributed by atoms with Crippen LogP contribution in [0.4, 0.5) is 18.9 Å². The molecule has 0 radical (unpaired) electrons. The van der Waals surface area contributed by atoms with Crippen LogP contribution in [0, 0.1) is 17.5 Å². The minimum absolute atomic E-state index is 0.137. The van der Waals surface area contributed by atoms with Gasteiger partial charge in [0.05, 0.1) is 23.9 Å². The lowest BCUT2D eigenvalue weighted by Gasteiger charge is -2.22. The summed E-state index contributed by atoms with van der Waals surface area (Å²) in [5.41, 5.74) is -0.427. The van der Waals surface area contributed by atoms with Crippen LogP contribution < -0.4 is 16.0 Å². The lowest BCUT2D eigenvalue weighted by Crippen LogP contribution is -2.47. The minimum atomic E-state index is -1.63. The van der Waals surface area contributed by atoms with Gasteiger partial charge in [-0.05, 0) is 38.3 Å². The molecule has 3 unspecified atom stereocenters. The molecule has 0 spiro atoms. The van der Waals surface area contributed by atoms with Crippen molar-refractivity contribution in [1.82, 2.24) is 10.6 Å². The Labute approximate surface area is 149 Å². The molecule has 0 aromatic heterocycles. The summed E-state index contributed by atoms with van der Waals surface area (Å²) in [4.78, 5) is 16.1. The highest BCUT2D eigenvalue weighted by atomic mass is 19.2. The molecule has 2 heterocycles. The summed E-state index contributed by atoms with van der Waals surface area (Å²) in [5, 5.41) is 8.47. The van der Waals surface area contributed by atoms with E-state index in [0.717, 1.165) is 31.4 Å². The molecule has 2 saturated heterocycles. The van der Waals surface area contributed by atoms with Gasteiger partial charge in [0.1, 0.15) is 6.54 Å². The second kappa shape index (κ2) is 7.94. The molecule has 1 amide bonds.